The van der Waals surface area contributed by atoms with Gasteiger partial charge in [0.2, 0.25) is 11.8 Å². The van der Waals surface area contributed by atoms with E-state index in [4.69, 9.17) is 24.4 Å². The van der Waals surface area contributed by atoms with Crippen molar-refractivity contribution in [2.24, 2.45) is 0 Å². The highest BCUT2D eigenvalue weighted by atomic mass is 32.2. The number of hydrogen-bond acceptors (Lipinski definition) is 10. The Labute approximate surface area is 246 Å². The van der Waals surface area contributed by atoms with E-state index in [1.165, 1.54) is 67.1 Å². The molecule has 4 heterocycles. The molecule has 0 bridgehead atoms. The third-order valence-corrected chi connectivity index (χ3v) is 10.4. The van der Waals surface area contributed by atoms with Crippen molar-refractivity contribution in [3.8, 4) is 22.5 Å². The molecule has 0 atom stereocenters. The molecule has 12 heteroatoms. The van der Waals surface area contributed by atoms with Gasteiger partial charge in [-0.05, 0) is 24.0 Å². The van der Waals surface area contributed by atoms with Gasteiger partial charge in [-0.25, -0.2) is 19.8 Å². The highest BCUT2D eigenvalue weighted by Crippen LogP contribution is 2.34. The molecular weight excluding hydrogens is 593 g/mol. The molecule has 0 aliphatic carbocycles. The Morgan fingerprint density at radius 2 is 1.05 bits per heavy atom. The lowest BCUT2D eigenvalue weighted by atomic mass is 10.0. The van der Waals surface area contributed by atoms with E-state index in [1.54, 1.807) is 0 Å². The molecule has 2 fully saturated rings. The number of anilines is 2. The molecule has 2 aliphatic rings. The van der Waals surface area contributed by atoms with Crippen molar-refractivity contribution >= 4 is 101 Å². The SMILES string of the molecule is O=C1CSC(=S)N1c1nc(-c2ccc(CCc3ccc(-c4csc(N5C(=O)CSC5=S)n4)cc3)cc2)cs1. The Kier molecular flexibility index (Phi) is 7.43. The Balaban J connectivity index is 1.07. The summed E-state index contributed by atoms with van der Waals surface area (Å²) in [5, 5.41) is 5.19. The molecule has 2 aliphatic heterocycles. The summed E-state index contributed by atoms with van der Waals surface area (Å²) in [5.41, 5.74) is 6.22. The van der Waals surface area contributed by atoms with E-state index in [0.717, 1.165) is 35.4 Å². The van der Waals surface area contributed by atoms with Crippen LogP contribution in [0.5, 0.6) is 0 Å². The van der Waals surface area contributed by atoms with E-state index >= 15 is 0 Å². The fraction of sp³-hybridized carbons (Fsp3) is 0.154. The van der Waals surface area contributed by atoms with Crippen molar-refractivity contribution in [1.29, 1.82) is 0 Å². The third kappa shape index (κ3) is 5.21. The van der Waals surface area contributed by atoms with Crippen molar-refractivity contribution in [2.75, 3.05) is 21.3 Å². The van der Waals surface area contributed by atoms with Gasteiger partial charge in [0, 0.05) is 21.9 Å². The van der Waals surface area contributed by atoms with Gasteiger partial charge in [-0.15, -0.1) is 22.7 Å². The number of benzene rings is 2. The molecule has 190 valence electrons. The van der Waals surface area contributed by atoms with Crippen molar-refractivity contribution < 1.29 is 9.59 Å². The van der Waals surface area contributed by atoms with Crippen LogP contribution < -0.4 is 9.80 Å². The Hall–Kier alpha value is -2.48. The molecule has 0 spiro atoms. The van der Waals surface area contributed by atoms with Crippen LogP contribution in [0.3, 0.4) is 0 Å². The number of nitrogens with zero attached hydrogens (tertiary/aromatic N) is 4. The normalized spacial score (nSPS) is 15.8. The van der Waals surface area contributed by atoms with Gasteiger partial charge in [-0.3, -0.25) is 9.59 Å². The maximum Gasteiger partial charge on any atom is 0.244 e. The van der Waals surface area contributed by atoms with Crippen LogP contribution in [0.4, 0.5) is 10.3 Å². The van der Waals surface area contributed by atoms with Crippen LogP contribution in [-0.4, -0.2) is 41.9 Å². The highest BCUT2D eigenvalue weighted by molar-refractivity contribution is 8.25. The molecule has 2 aromatic heterocycles. The van der Waals surface area contributed by atoms with Gasteiger partial charge in [0.15, 0.2) is 10.3 Å². The summed E-state index contributed by atoms with van der Waals surface area (Å²) < 4.78 is 1.14. The molecule has 0 saturated carbocycles. The van der Waals surface area contributed by atoms with Gasteiger partial charge < -0.3 is 0 Å². The van der Waals surface area contributed by atoms with Gasteiger partial charge in [0.05, 0.1) is 22.9 Å². The fourth-order valence-electron chi connectivity index (χ4n) is 4.05. The zero-order chi connectivity index (χ0) is 26.2. The van der Waals surface area contributed by atoms with Crippen LogP contribution in [0.25, 0.3) is 22.5 Å². The van der Waals surface area contributed by atoms with E-state index in [2.05, 4.69) is 58.5 Å². The summed E-state index contributed by atoms with van der Waals surface area (Å²) in [7, 11) is 0. The minimum absolute atomic E-state index is 0.0111. The van der Waals surface area contributed by atoms with E-state index < -0.39 is 0 Å². The average molecular weight is 611 g/mol. The smallest absolute Gasteiger partial charge is 0.244 e. The summed E-state index contributed by atoms with van der Waals surface area (Å²) in [6.45, 7) is 0. The summed E-state index contributed by atoms with van der Waals surface area (Å²) in [6, 6.07) is 16.8. The van der Waals surface area contributed by atoms with Gasteiger partial charge in [0.1, 0.15) is 8.64 Å². The predicted octanol–water partition coefficient (Wildman–Crippen LogP) is 6.45. The van der Waals surface area contributed by atoms with Crippen LogP contribution >= 0.6 is 70.6 Å². The van der Waals surface area contributed by atoms with Crippen LogP contribution in [0, 0.1) is 0 Å². The lowest BCUT2D eigenvalue weighted by Gasteiger charge is -2.10. The molecule has 2 amide bonds. The summed E-state index contributed by atoms with van der Waals surface area (Å²) in [4.78, 5) is 36.5. The Morgan fingerprint density at radius 1 is 0.658 bits per heavy atom. The molecule has 6 nitrogen and oxygen atoms in total. The topological polar surface area (TPSA) is 66.4 Å². The monoisotopic (exact) mass is 610 g/mol. The number of hydrogen-bond donors (Lipinski definition) is 0. The number of thiazole rings is 2. The molecule has 4 aromatic rings. The quantitative estimate of drug-likeness (QED) is 0.221. The molecule has 2 saturated heterocycles. The highest BCUT2D eigenvalue weighted by Gasteiger charge is 2.31. The summed E-state index contributed by atoms with van der Waals surface area (Å²) in [6.07, 6.45) is 1.84. The molecular formula is C26H18N4O2S6. The largest absolute Gasteiger partial charge is 0.273 e. The molecule has 6 rings (SSSR count). The maximum atomic E-state index is 12.1. The summed E-state index contributed by atoms with van der Waals surface area (Å²) in [5.74, 6) is 0.740. The standard InChI is InChI=1S/C26H18N4O2S6/c31-21-13-37-25(33)29(21)23-27-19(11-35-23)17-7-3-15(4-8-17)1-2-16-5-9-18(10-6-16)20-12-36-24(28-20)30-22(32)14-38-26(30)34/h3-12H,1-2,13-14H2. The van der Waals surface area contributed by atoms with Crippen molar-refractivity contribution in [2.45, 2.75) is 12.8 Å². The lowest BCUT2D eigenvalue weighted by molar-refractivity contribution is -0.115. The second-order valence-corrected chi connectivity index (χ2v) is 13.4. The summed E-state index contributed by atoms with van der Waals surface area (Å²) >= 11 is 16.2. The predicted molar refractivity (Wildman–Crippen MR) is 168 cm³/mol. The van der Waals surface area contributed by atoms with E-state index in [1.807, 2.05) is 10.8 Å². The number of carbonyl (C=O) groups is 2. The second kappa shape index (κ2) is 10.9. The number of thiocarbonyl (C=S) groups is 2. The van der Waals surface area contributed by atoms with Crippen molar-refractivity contribution in [1.82, 2.24) is 9.97 Å². The minimum Gasteiger partial charge on any atom is -0.273 e. The van der Waals surface area contributed by atoms with Crippen LogP contribution in [0.1, 0.15) is 11.1 Å². The first-order valence-corrected chi connectivity index (χ1v) is 16.1. The Bertz CT molecular complexity index is 1410. The van der Waals surface area contributed by atoms with E-state index in [9.17, 15) is 9.59 Å². The zero-order valence-electron chi connectivity index (χ0n) is 19.7. The van der Waals surface area contributed by atoms with Crippen LogP contribution in [0.2, 0.25) is 0 Å². The zero-order valence-corrected chi connectivity index (χ0v) is 24.6. The first kappa shape index (κ1) is 25.8. The average Bonchev–Trinajstić information content (AvgIpc) is 3.72. The first-order valence-electron chi connectivity index (χ1n) is 11.6. The van der Waals surface area contributed by atoms with Crippen molar-refractivity contribution in [3.63, 3.8) is 0 Å². The third-order valence-electron chi connectivity index (χ3n) is 6.07. The molecule has 2 aromatic carbocycles. The fourth-order valence-corrected chi connectivity index (χ4v) is 8.11. The van der Waals surface area contributed by atoms with Crippen molar-refractivity contribution in [3.05, 3.63) is 70.4 Å². The molecule has 38 heavy (non-hydrogen) atoms. The van der Waals surface area contributed by atoms with E-state index in [-0.39, 0.29) is 11.8 Å². The minimum atomic E-state index is -0.0111. The number of aromatic nitrogens is 2. The lowest BCUT2D eigenvalue weighted by Crippen LogP contribution is -2.27. The van der Waals surface area contributed by atoms with Gasteiger partial charge in [0.25, 0.3) is 0 Å². The Morgan fingerprint density at radius 3 is 1.39 bits per heavy atom. The maximum absolute atomic E-state index is 12.1. The molecule has 0 radical (unpaired) electrons. The molecule has 0 unspecified atom stereocenters. The van der Waals surface area contributed by atoms with Gasteiger partial charge >= 0.3 is 0 Å². The van der Waals surface area contributed by atoms with E-state index in [0.29, 0.717) is 30.4 Å². The number of aryl methyl sites for hydroxylation is 2. The van der Waals surface area contributed by atoms with Crippen LogP contribution in [0.15, 0.2) is 59.3 Å². The number of carbonyl (C=O) groups excluding carboxylic acids is 2. The van der Waals surface area contributed by atoms with Gasteiger partial charge in [-0.1, -0.05) is 96.5 Å². The number of thioether (sulfide) groups is 2. The number of amides is 2. The molecule has 0 N–H and O–H groups in total. The number of rotatable bonds is 7. The van der Waals surface area contributed by atoms with Crippen LogP contribution in [-0.2, 0) is 22.4 Å². The first-order chi connectivity index (χ1) is 18.5. The van der Waals surface area contributed by atoms with Gasteiger partial charge in [-0.2, -0.15) is 0 Å². The second-order valence-electron chi connectivity index (χ2n) is 8.49.